The molecule has 0 unspecified atom stereocenters. The van der Waals surface area contributed by atoms with Crippen LogP contribution >= 0.6 is 23.2 Å². The Labute approximate surface area is 102 Å². The second-order valence-electron chi connectivity index (χ2n) is 3.42. The number of carboxylic acids is 1. The van der Waals surface area contributed by atoms with Gasteiger partial charge in [0.1, 0.15) is 5.69 Å². The smallest absolute Gasteiger partial charge is 0.352 e. The number of benzene rings is 1. The predicted molar refractivity (Wildman–Crippen MR) is 64.7 cm³/mol. The average Bonchev–Trinajstić information content (AvgIpc) is 2.62. The molecule has 5 heteroatoms. The van der Waals surface area contributed by atoms with Crippen molar-refractivity contribution in [1.82, 2.24) is 4.98 Å². The highest BCUT2D eigenvalue weighted by molar-refractivity contribution is 6.45. The molecule has 16 heavy (non-hydrogen) atoms. The molecule has 0 amide bonds. The zero-order valence-electron chi connectivity index (χ0n) is 8.47. The number of fused-ring (bicyclic) bond motifs is 1. The normalized spacial score (nSPS) is 10.9. The van der Waals surface area contributed by atoms with Crippen molar-refractivity contribution in [3.8, 4) is 0 Å². The van der Waals surface area contributed by atoms with E-state index >= 15 is 0 Å². The van der Waals surface area contributed by atoms with Crippen molar-refractivity contribution in [2.45, 2.75) is 13.3 Å². The van der Waals surface area contributed by atoms with E-state index in [1.165, 1.54) is 0 Å². The molecule has 2 N–H and O–H groups in total. The van der Waals surface area contributed by atoms with Gasteiger partial charge in [0.2, 0.25) is 0 Å². The molecule has 0 aliphatic carbocycles. The third-order valence-corrected chi connectivity index (χ3v) is 3.33. The SMILES string of the molecule is CCc1c(C(=O)O)[nH]c2ccc(Cl)c(Cl)c12. The molecule has 0 bridgehead atoms. The lowest BCUT2D eigenvalue weighted by Gasteiger charge is -2.00. The van der Waals surface area contributed by atoms with E-state index in [2.05, 4.69) is 4.98 Å². The second-order valence-corrected chi connectivity index (χ2v) is 4.21. The van der Waals surface area contributed by atoms with Gasteiger partial charge >= 0.3 is 5.97 Å². The minimum Gasteiger partial charge on any atom is -0.477 e. The Morgan fingerprint density at radius 1 is 1.44 bits per heavy atom. The molecule has 1 aromatic heterocycles. The van der Waals surface area contributed by atoms with Gasteiger partial charge in [-0.25, -0.2) is 4.79 Å². The Kier molecular flexibility index (Phi) is 2.82. The van der Waals surface area contributed by atoms with Crippen molar-refractivity contribution in [2.24, 2.45) is 0 Å². The molecule has 84 valence electrons. The Hall–Kier alpha value is -1.19. The molecule has 0 radical (unpaired) electrons. The lowest BCUT2D eigenvalue weighted by atomic mass is 10.1. The number of rotatable bonds is 2. The Bertz CT molecular complexity index is 575. The second kappa shape index (κ2) is 4.00. The molecule has 0 saturated carbocycles. The van der Waals surface area contributed by atoms with E-state index in [1.807, 2.05) is 6.92 Å². The van der Waals surface area contributed by atoms with Crippen LogP contribution in [-0.2, 0) is 6.42 Å². The van der Waals surface area contributed by atoms with Crippen LogP contribution in [0.15, 0.2) is 12.1 Å². The molecule has 1 heterocycles. The van der Waals surface area contributed by atoms with E-state index in [0.29, 0.717) is 32.9 Å². The number of aromatic carboxylic acids is 1. The summed E-state index contributed by atoms with van der Waals surface area (Å²) in [6.07, 6.45) is 0.585. The van der Waals surface area contributed by atoms with Gasteiger partial charge in [0, 0.05) is 10.9 Å². The summed E-state index contributed by atoms with van der Waals surface area (Å²) in [4.78, 5) is 13.9. The molecule has 2 rings (SSSR count). The quantitative estimate of drug-likeness (QED) is 0.862. The number of aromatic amines is 1. The fraction of sp³-hybridized carbons (Fsp3) is 0.182. The number of H-pyrrole nitrogens is 1. The van der Waals surface area contributed by atoms with Crippen molar-refractivity contribution in [3.63, 3.8) is 0 Å². The van der Waals surface area contributed by atoms with E-state index in [1.54, 1.807) is 12.1 Å². The third-order valence-electron chi connectivity index (χ3n) is 2.53. The molecule has 0 atom stereocenters. The number of nitrogens with one attached hydrogen (secondary N) is 1. The maximum Gasteiger partial charge on any atom is 0.352 e. The first kappa shape index (κ1) is 11.3. The number of halogens is 2. The maximum absolute atomic E-state index is 11.0. The highest BCUT2D eigenvalue weighted by Crippen LogP contribution is 2.34. The summed E-state index contributed by atoms with van der Waals surface area (Å²) in [7, 11) is 0. The molecular formula is C11H9Cl2NO2. The molecule has 0 fully saturated rings. The summed E-state index contributed by atoms with van der Waals surface area (Å²) in [5.41, 5.74) is 1.57. The molecule has 0 spiro atoms. The summed E-state index contributed by atoms with van der Waals surface area (Å²) in [6, 6.07) is 3.38. The van der Waals surface area contributed by atoms with Gasteiger partial charge in [0.25, 0.3) is 0 Å². The van der Waals surface area contributed by atoms with Crippen LogP contribution in [-0.4, -0.2) is 16.1 Å². The minimum atomic E-state index is -0.986. The first-order valence-electron chi connectivity index (χ1n) is 4.78. The van der Waals surface area contributed by atoms with E-state index in [0.717, 1.165) is 0 Å². The number of aryl methyl sites for hydroxylation is 1. The van der Waals surface area contributed by atoms with Crippen molar-refractivity contribution in [3.05, 3.63) is 33.4 Å². The van der Waals surface area contributed by atoms with Gasteiger partial charge in [0.15, 0.2) is 0 Å². The topological polar surface area (TPSA) is 53.1 Å². The number of hydrogen-bond donors (Lipinski definition) is 2. The van der Waals surface area contributed by atoms with Gasteiger partial charge in [-0.15, -0.1) is 0 Å². The lowest BCUT2D eigenvalue weighted by Crippen LogP contribution is -2.00. The average molecular weight is 258 g/mol. The first-order valence-corrected chi connectivity index (χ1v) is 5.53. The van der Waals surface area contributed by atoms with E-state index in [4.69, 9.17) is 28.3 Å². The largest absolute Gasteiger partial charge is 0.477 e. The Morgan fingerprint density at radius 3 is 2.69 bits per heavy atom. The highest BCUT2D eigenvalue weighted by atomic mass is 35.5. The number of carboxylic acid groups (broad SMARTS) is 1. The summed E-state index contributed by atoms with van der Waals surface area (Å²) < 4.78 is 0. The summed E-state index contributed by atoms with van der Waals surface area (Å²) in [6.45, 7) is 1.88. The van der Waals surface area contributed by atoms with Crippen molar-refractivity contribution in [1.29, 1.82) is 0 Å². The standard InChI is InChI=1S/C11H9Cl2NO2/c1-2-5-8-7(14-10(5)11(15)16)4-3-6(12)9(8)13/h3-4,14H,2H2,1H3,(H,15,16). The van der Waals surface area contributed by atoms with Crippen LogP contribution in [0.1, 0.15) is 23.0 Å². The van der Waals surface area contributed by atoms with Crippen LogP contribution in [0.3, 0.4) is 0 Å². The summed E-state index contributed by atoms with van der Waals surface area (Å²) in [5.74, 6) is -0.986. The van der Waals surface area contributed by atoms with Crippen molar-refractivity contribution in [2.75, 3.05) is 0 Å². The molecule has 0 aliphatic rings. The molecule has 3 nitrogen and oxygen atoms in total. The van der Waals surface area contributed by atoms with Crippen LogP contribution in [0.25, 0.3) is 10.9 Å². The summed E-state index contributed by atoms with van der Waals surface area (Å²) >= 11 is 12.0. The van der Waals surface area contributed by atoms with Gasteiger partial charge in [-0.3, -0.25) is 0 Å². The van der Waals surface area contributed by atoms with Gasteiger partial charge in [-0.2, -0.15) is 0 Å². The van der Waals surface area contributed by atoms with E-state index in [9.17, 15) is 4.79 Å². The van der Waals surface area contributed by atoms with E-state index < -0.39 is 5.97 Å². The molecular weight excluding hydrogens is 249 g/mol. The molecule has 1 aromatic carbocycles. The molecule has 0 saturated heterocycles. The Morgan fingerprint density at radius 2 is 2.12 bits per heavy atom. The fourth-order valence-electron chi connectivity index (χ4n) is 1.82. The van der Waals surface area contributed by atoms with Gasteiger partial charge in [0.05, 0.1) is 10.0 Å². The zero-order valence-corrected chi connectivity index (χ0v) is 9.99. The van der Waals surface area contributed by atoms with Crippen LogP contribution in [0.4, 0.5) is 0 Å². The molecule has 2 aromatic rings. The fourth-order valence-corrected chi connectivity index (χ4v) is 2.26. The summed E-state index contributed by atoms with van der Waals surface area (Å²) in [5, 5.41) is 10.6. The number of aromatic nitrogens is 1. The number of hydrogen-bond acceptors (Lipinski definition) is 1. The third kappa shape index (κ3) is 1.56. The minimum absolute atomic E-state index is 0.182. The Balaban J connectivity index is 2.89. The highest BCUT2D eigenvalue weighted by Gasteiger charge is 2.18. The predicted octanol–water partition coefficient (Wildman–Crippen LogP) is 3.74. The van der Waals surface area contributed by atoms with E-state index in [-0.39, 0.29) is 5.69 Å². The van der Waals surface area contributed by atoms with Crippen LogP contribution in [0.2, 0.25) is 10.0 Å². The van der Waals surface area contributed by atoms with Crippen LogP contribution < -0.4 is 0 Å². The van der Waals surface area contributed by atoms with Gasteiger partial charge in [-0.05, 0) is 24.1 Å². The molecule has 0 aliphatic heterocycles. The number of carbonyl (C=O) groups is 1. The monoisotopic (exact) mass is 257 g/mol. The van der Waals surface area contributed by atoms with Crippen LogP contribution in [0, 0.1) is 0 Å². The zero-order chi connectivity index (χ0) is 11.9. The first-order chi connectivity index (χ1) is 7.56. The lowest BCUT2D eigenvalue weighted by molar-refractivity contribution is 0.0690. The van der Waals surface area contributed by atoms with Crippen molar-refractivity contribution < 1.29 is 9.90 Å². The maximum atomic E-state index is 11.0. The van der Waals surface area contributed by atoms with Crippen molar-refractivity contribution >= 4 is 40.1 Å². The van der Waals surface area contributed by atoms with Gasteiger partial charge < -0.3 is 10.1 Å². The van der Waals surface area contributed by atoms with Gasteiger partial charge in [-0.1, -0.05) is 30.1 Å². The van der Waals surface area contributed by atoms with Crippen LogP contribution in [0.5, 0.6) is 0 Å².